The molecule has 0 aliphatic carbocycles. The lowest BCUT2D eigenvalue weighted by atomic mass is 10.1. The van der Waals surface area contributed by atoms with Crippen molar-refractivity contribution in [2.45, 2.75) is 13.3 Å². The summed E-state index contributed by atoms with van der Waals surface area (Å²) in [5.41, 5.74) is 1.85. The van der Waals surface area contributed by atoms with Crippen molar-refractivity contribution in [1.29, 1.82) is 0 Å². The molecule has 0 radical (unpaired) electrons. The van der Waals surface area contributed by atoms with Crippen LogP contribution in [-0.2, 0) is 9.53 Å². The fourth-order valence-corrected chi connectivity index (χ4v) is 2.77. The van der Waals surface area contributed by atoms with E-state index in [9.17, 15) is 14.4 Å². The minimum absolute atomic E-state index is 0.235. The Kier molecular flexibility index (Phi) is 8.57. The number of benzene rings is 3. The molecule has 0 aromatic heterocycles. The zero-order valence-electron chi connectivity index (χ0n) is 18.7. The molecule has 174 valence electrons. The molecule has 3 rings (SSSR count). The van der Waals surface area contributed by atoms with E-state index in [2.05, 4.69) is 6.58 Å². The zero-order valence-corrected chi connectivity index (χ0v) is 18.7. The minimum Gasteiger partial charge on any atom is -0.493 e. The maximum Gasteiger partial charge on any atom is 0.343 e. The highest BCUT2D eigenvalue weighted by Crippen LogP contribution is 2.21. The molecule has 3 aromatic rings. The van der Waals surface area contributed by atoms with Crippen molar-refractivity contribution in [3.05, 3.63) is 102 Å². The quantitative estimate of drug-likeness (QED) is 0.183. The lowest BCUT2D eigenvalue weighted by molar-refractivity contribution is -0.137. The number of esters is 3. The van der Waals surface area contributed by atoms with E-state index in [1.165, 1.54) is 0 Å². The van der Waals surface area contributed by atoms with Gasteiger partial charge in [0, 0.05) is 12.5 Å². The van der Waals surface area contributed by atoms with Crippen molar-refractivity contribution in [2.24, 2.45) is 0 Å². The van der Waals surface area contributed by atoms with Gasteiger partial charge in [0.15, 0.2) is 0 Å². The van der Waals surface area contributed by atoms with Crippen LogP contribution >= 0.6 is 0 Å². The molecule has 0 heterocycles. The number of hydrogen-bond acceptors (Lipinski definition) is 7. The first kappa shape index (κ1) is 24.3. The zero-order chi connectivity index (χ0) is 24.3. The summed E-state index contributed by atoms with van der Waals surface area (Å²) in [6.45, 7) is 5.85. The summed E-state index contributed by atoms with van der Waals surface area (Å²) in [7, 11) is 0. The van der Waals surface area contributed by atoms with Crippen molar-refractivity contribution in [2.75, 3.05) is 13.2 Å². The third kappa shape index (κ3) is 7.34. The molecule has 0 spiro atoms. The topological polar surface area (TPSA) is 88.1 Å². The maximum atomic E-state index is 12.4. The Hall–Kier alpha value is -4.39. The Morgan fingerprint density at radius 1 is 0.706 bits per heavy atom. The van der Waals surface area contributed by atoms with Crippen LogP contribution in [0.25, 0.3) is 0 Å². The van der Waals surface area contributed by atoms with Gasteiger partial charge in [0.1, 0.15) is 17.2 Å². The van der Waals surface area contributed by atoms with E-state index >= 15 is 0 Å². The van der Waals surface area contributed by atoms with Crippen molar-refractivity contribution < 1.29 is 33.3 Å². The molecular formula is C27H24O7. The first-order valence-corrected chi connectivity index (χ1v) is 10.6. The molecular weight excluding hydrogens is 436 g/mol. The van der Waals surface area contributed by atoms with Crippen LogP contribution in [0.3, 0.4) is 0 Å². The van der Waals surface area contributed by atoms with Gasteiger partial charge in [-0.3, -0.25) is 0 Å². The van der Waals surface area contributed by atoms with Gasteiger partial charge >= 0.3 is 17.9 Å². The van der Waals surface area contributed by atoms with E-state index in [1.807, 2.05) is 19.1 Å². The third-order valence-corrected chi connectivity index (χ3v) is 4.59. The van der Waals surface area contributed by atoms with Crippen LogP contribution in [0.2, 0.25) is 0 Å². The van der Waals surface area contributed by atoms with Gasteiger partial charge in [-0.1, -0.05) is 24.3 Å². The lowest BCUT2D eigenvalue weighted by Crippen LogP contribution is -2.10. The first-order valence-electron chi connectivity index (χ1n) is 10.6. The van der Waals surface area contributed by atoms with Gasteiger partial charge in [0.2, 0.25) is 0 Å². The molecule has 7 nitrogen and oxygen atoms in total. The first-order chi connectivity index (χ1) is 16.4. The van der Waals surface area contributed by atoms with Crippen molar-refractivity contribution in [3.63, 3.8) is 0 Å². The molecule has 0 atom stereocenters. The second-order valence-electron chi connectivity index (χ2n) is 7.21. The van der Waals surface area contributed by atoms with E-state index in [0.717, 1.165) is 11.6 Å². The fraction of sp³-hybridized carbons (Fsp3) is 0.148. The molecule has 0 fully saturated rings. The summed E-state index contributed by atoms with van der Waals surface area (Å²) in [4.78, 5) is 35.5. The predicted octanol–water partition coefficient (Wildman–Crippen LogP) is 4.93. The van der Waals surface area contributed by atoms with E-state index in [0.29, 0.717) is 41.4 Å². The van der Waals surface area contributed by atoms with E-state index in [4.69, 9.17) is 18.9 Å². The van der Waals surface area contributed by atoms with Gasteiger partial charge in [-0.2, -0.15) is 0 Å². The SMILES string of the molecule is C=CC(=O)OCCCOc1ccc(C(=O)Oc2ccc(OC(=O)c3ccc(C)cc3)cc2)cc1. The number of carbonyl (C=O) groups excluding carboxylic acids is 3. The standard InChI is InChI=1S/C27H24O7/c1-3-25(28)32-18-4-17-31-22-11-9-21(10-12-22)27(30)34-24-15-13-23(14-16-24)33-26(29)20-7-5-19(2)6-8-20/h3,5-16H,1,4,17-18H2,2H3. The molecule has 0 N–H and O–H groups in total. The summed E-state index contributed by atoms with van der Waals surface area (Å²) < 4.78 is 21.1. The van der Waals surface area contributed by atoms with Crippen molar-refractivity contribution in [3.8, 4) is 17.2 Å². The highest BCUT2D eigenvalue weighted by Gasteiger charge is 2.11. The summed E-state index contributed by atoms with van der Waals surface area (Å²) in [6.07, 6.45) is 1.63. The average Bonchev–Trinajstić information content (AvgIpc) is 2.85. The average molecular weight is 460 g/mol. The largest absolute Gasteiger partial charge is 0.493 e. The van der Waals surface area contributed by atoms with Gasteiger partial charge in [-0.25, -0.2) is 14.4 Å². The Balaban J connectivity index is 1.46. The number of rotatable bonds is 10. The molecule has 0 saturated heterocycles. The Morgan fingerprint density at radius 2 is 1.18 bits per heavy atom. The third-order valence-electron chi connectivity index (χ3n) is 4.59. The van der Waals surface area contributed by atoms with Gasteiger partial charge in [-0.05, 0) is 67.6 Å². The number of hydrogen-bond donors (Lipinski definition) is 0. The van der Waals surface area contributed by atoms with E-state index in [1.54, 1.807) is 60.7 Å². The Morgan fingerprint density at radius 3 is 1.68 bits per heavy atom. The maximum absolute atomic E-state index is 12.4. The minimum atomic E-state index is -0.535. The summed E-state index contributed by atoms with van der Waals surface area (Å²) in [5.74, 6) is -0.245. The smallest absolute Gasteiger partial charge is 0.343 e. The molecule has 7 heteroatoms. The molecule has 0 aliphatic heterocycles. The predicted molar refractivity (Wildman–Crippen MR) is 125 cm³/mol. The van der Waals surface area contributed by atoms with Gasteiger partial charge in [0.05, 0.1) is 24.3 Å². The normalized spacial score (nSPS) is 10.1. The molecule has 3 aromatic carbocycles. The number of ether oxygens (including phenoxy) is 4. The fourth-order valence-electron chi connectivity index (χ4n) is 2.77. The van der Waals surface area contributed by atoms with E-state index in [-0.39, 0.29) is 6.61 Å². The molecule has 34 heavy (non-hydrogen) atoms. The monoisotopic (exact) mass is 460 g/mol. The number of aryl methyl sites for hydroxylation is 1. The van der Waals surface area contributed by atoms with Crippen molar-refractivity contribution >= 4 is 17.9 Å². The summed E-state index contributed by atoms with van der Waals surface area (Å²) >= 11 is 0. The Bertz CT molecular complexity index is 1130. The summed E-state index contributed by atoms with van der Waals surface area (Å²) in [6, 6.07) is 19.8. The lowest BCUT2D eigenvalue weighted by Gasteiger charge is -2.08. The number of carbonyl (C=O) groups is 3. The molecule has 0 bridgehead atoms. The molecule has 0 saturated carbocycles. The van der Waals surface area contributed by atoms with Gasteiger partial charge < -0.3 is 18.9 Å². The second-order valence-corrected chi connectivity index (χ2v) is 7.21. The molecule has 0 amide bonds. The van der Waals surface area contributed by atoms with Gasteiger partial charge in [-0.15, -0.1) is 0 Å². The van der Waals surface area contributed by atoms with Crippen LogP contribution < -0.4 is 14.2 Å². The highest BCUT2D eigenvalue weighted by atomic mass is 16.5. The van der Waals surface area contributed by atoms with E-state index < -0.39 is 17.9 Å². The molecule has 0 unspecified atom stereocenters. The van der Waals surface area contributed by atoms with Crippen LogP contribution in [0.15, 0.2) is 85.5 Å². The van der Waals surface area contributed by atoms with Crippen LogP contribution in [-0.4, -0.2) is 31.1 Å². The molecule has 0 aliphatic rings. The summed E-state index contributed by atoms with van der Waals surface area (Å²) in [5, 5.41) is 0. The van der Waals surface area contributed by atoms with Crippen LogP contribution in [0.5, 0.6) is 17.2 Å². The van der Waals surface area contributed by atoms with Gasteiger partial charge in [0.25, 0.3) is 0 Å². The van der Waals surface area contributed by atoms with Crippen LogP contribution in [0, 0.1) is 6.92 Å². The van der Waals surface area contributed by atoms with Crippen molar-refractivity contribution in [1.82, 2.24) is 0 Å². The highest BCUT2D eigenvalue weighted by molar-refractivity contribution is 5.92. The Labute approximate surface area is 197 Å². The second kappa shape index (κ2) is 12.0. The van der Waals surface area contributed by atoms with Crippen LogP contribution in [0.1, 0.15) is 32.7 Å². The van der Waals surface area contributed by atoms with Crippen LogP contribution in [0.4, 0.5) is 0 Å².